The Morgan fingerprint density at radius 3 is 2.27 bits per heavy atom. The summed E-state index contributed by atoms with van der Waals surface area (Å²) < 4.78 is 29.4. The number of allylic oxidation sites excluding steroid dienone is 6. The molecule has 4 aliphatic rings. The minimum atomic E-state index is -2.89. The van der Waals surface area contributed by atoms with Crippen molar-refractivity contribution in [2.45, 2.75) is 174 Å². The van der Waals surface area contributed by atoms with Crippen molar-refractivity contribution in [3.05, 3.63) is 47.6 Å². The molecule has 3 fully saturated rings. The third-order valence-electron chi connectivity index (χ3n) is 14.2. The maximum absolute atomic E-state index is 14.5. The Morgan fingerprint density at radius 2 is 1.59 bits per heavy atom. The lowest BCUT2D eigenvalue weighted by Gasteiger charge is -2.43. The number of nitrogens with zero attached hydrogens (tertiary/aromatic N) is 1. The SMILES string of the molecule is CO[C@@H]1C[C@H](C[C@@H](C)[C@@H]2CC(=O)[C@H](C)/C=C(\C)[C@@H](O)[C@@H](OC)C(=O)[C@H](C)C[C@H](C)/C=C/C=C/C=C(\C)[C@@H](O)C[C@@H]3C[C@@H](C)C(=O)[C@@](O)(O3)C(=O)N3CCCC[C@H]3C(=O)O2)CC[C@H]1OCCO. The highest BCUT2D eigenvalue weighted by Gasteiger charge is 2.56. The number of aliphatic hydroxyl groups is 4. The van der Waals surface area contributed by atoms with E-state index in [2.05, 4.69) is 0 Å². The lowest BCUT2D eigenvalue weighted by molar-refractivity contribution is -0.247. The van der Waals surface area contributed by atoms with E-state index < -0.39 is 77.8 Å². The molecular weight excluding hydrogens is 851 g/mol. The fraction of sp³-hybridized carbons (Fsp3) is 0.745. The molecule has 4 N–H and O–H groups in total. The van der Waals surface area contributed by atoms with Gasteiger partial charge in [-0.05, 0) is 101 Å². The fourth-order valence-electron chi connectivity index (χ4n) is 10.1. The molecule has 0 aromatic heterocycles. The lowest BCUT2D eigenvalue weighted by Crippen LogP contribution is -2.65. The van der Waals surface area contributed by atoms with Crippen LogP contribution in [-0.2, 0) is 47.7 Å². The molecule has 15 heteroatoms. The third kappa shape index (κ3) is 14.6. The molecule has 2 bridgehead atoms. The van der Waals surface area contributed by atoms with E-state index in [-0.39, 0.29) is 87.0 Å². The number of ketones is 3. The highest BCUT2D eigenvalue weighted by Crippen LogP contribution is 2.37. The Hall–Kier alpha value is -3.41. The Kier molecular flexibility index (Phi) is 21.6. The van der Waals surface area contributed by atoms with Crippen LogP contribution in [0.5, 0.6) is 0 Å². The molecule has 3 aliphatic heterocycles. The molecule has 3 heterocycles. The number of Topliss-reactive ketones (excluding diaryl/α,β-unsaturated/α-hetero) is 3. The van der Waals surface area contributed by atoms with Gasteiger partial charge in [-0.2, -0.15) is 0 Å². The van der Waals surface area contributed by atoms with Crippen LogP contribution in [0, 0.1) is 35.5 Å². The van der Waals surface area contributed by atoms with Crippen molar-refractivity contribution in [2.75, 3.05) is 34.0 Å². The molecule has 1 aliphatic carbocycles. The summed E-state index contributed by atoms with van der Waals surface area (Å²) in [6, 6.07) is -1.18. The largest absolute Gasteiger partial charge is 0.460 e. The third-order valence-corrected chi connectivity index (χ3v) is 14.2. The van der Waals surface area contributed by atoms with Gasteiger partial charge in [0.05, 0.1) is 37.6 Å². The van der Waals surface area contributed by atoms with Crippen LogP contribution in [0.3, 0.4) is 0 Å². The van der Waals surface area contributed by atoms with Crippen molar-refractivity contribution in [3.8, 4) is 0 Å². The Balaban J connectivity index is 1.70. The van der Waals surface area contributed by atoms with E-state index in [9.17, 15) is 44.4 Å². The normalized spacial score (nSPS) is 39.8. The number of esters is 1. The zero-order chi connectivity index (χ0) is 48.9. The van der Waals surface area contributed by atoms with Crippen molar-refractivity contribution in [3.63, 3.8) is 0 Å². The first kappa shape index (κ1) is 55.2. The van der Waals surface area contributed by atoms with Gasteiger partial charge in [0, 0.05) is 51.4 Å². The van der Waals surface area contributed by atoms with E-state index in [0.717, 1.165) is 6.42 Å². The van der Waals surface area contributed by atoms with Crippen molar-refractivity contribution < 1.29 is 68.1 Å². The van der Waals surface area contributed by atoms with Crippen molar-refractivity contribution in [1.29, 1.82) is 0 Å². The summed E-state index contributed by atoms with van der Waals surface area (Å²) in [6.07, 6.45) is 9.33. The Bertz CT molecular complexity index is 1770. The first-order valence-electron chi connectivity index (χ1n) is 24.1. The van der Waals surface area contributed by atoms with Gasteiger partial charge in [-0.15, -0.1) is 0 Å². The zero-order valence-electron chi connectivity index (χ0n) is 40.8. The Labute approximate surface area is 392 Å². The average Bonchev–Trinajstić information content (AvgIpc) is 3.29. The van der Waals surface area contributed by atoms with Crippen molar-refractivity contribution in [2.24, 2.45) is 35.5 Å². The lowest BCUT2D eigenvalue weighted by atomic mass is 9.78. The van der Waals surface area contributed by atoms with Crippen LogP contribution in [0.1, 0.15) is 119 Å². The maximum atomic E-state index is 14.5. The summed E-state index contributed by atoms with van der Waals surface area (Å²) in [6.45, 7) is 12.5. The smallest absolute Gasteiger partial charge is 0.329 e. The summed E-state index contributed by atoms with van der Waals surface area (Å²) >= 11 is 0. The standard InChI is InChI=1S/C51H79NO14/c1-30-15-11-10-12-16-31(2)40(54)28-38-26-36(7)48(58)51(61,66-38)50(60)52-20-14-13-17-39(52)49(59)65-43(33(4)25-37-18-19-42(64-22-21-53)44(27-37)62-8)29-41(55)32(3)24-35(6)46(57)47(63-9)45(56)34(5)23-30/h10-12,15-16,24,30,32-34,36-40,42-44,46-47,53-54,57,61H,13-14,17-23,25-29H2,1-9H3/b12-10+,15-11+,31-16+,35-24+/t30-,32-,33-,34-,36-,37+,38+,39+,40+,42-,43+,44-,46-,47+,51-/m1/s1. The molecule has 0 radical (unpaired) electrons. The number of methoxy groups -OCH3 is 2. The number of ether oxygens (including phenoxy) is 5. The highest BCUT2D eigenvalue weighted by atomic mass is 16.6. The van der Waals surface area contributed by atoms with E-state index in [0.29, 0.717) is 49.7 Å². The Morgan fingerprint density at radius 1 is 0.864 bits per heavy atom. The van der Waals surface area contributed by atoms with Gasteiger partial charge >= 0.3 is 11.8 Å². The molecule has 0 unspecified atom stereocenters. The molecule has 2 saturated heterocycles. The van der Waals surface area contributed by atoms with Crippen LogP contribution in [0.4, 0.5) is 0 Å². The second-order valence-corrected chi connectivity index (χ2v) is 19.6. The van der Waals surface area contributed by atoms with E-state index in [1.807, 2.05) is 26.0 Å². The topological polar surface area (TPSA) is 216 Å². The monoisotopic (exact) mass is 930 g/mol. The molecule has 0 aromatic rings. The number of carbonyl (C=O) groups is 5. The second kappa shape index (κ2) is 25.8. The van der Waals surface area contributed by atoms with Gasteiger partial charge in [0.25, 0.3) is 5.91 Å². The van der Waals surface area contributed by atoms with Crippen molar-refractivity contribution >= 4 is 29.2 Å². The number of hydrogen-bond acceptors (Lipinski definition) is 14. The quantitative estimate of drug-likeness (QED) is 0.141. The van der Waals surface area contributed by atoms with Gasteiger partial charge in [0.2, 0.25) is 5.78 Å². The number of piperidine rings is 1. The van der Waals surface area contributed by atoms with E-state index >= 15 is 0 Å². The molecule has 1 saturated carbocycles. The summed E-state index contributed by atoms with van der Waals surface area (Å²) in [5.41, 5.74) is 0.964. The van der Waals surface area contributed by atoms with E-state index in [4.69, 9.17) is 23.7 Å². The fourth-order valence-corrected chi connectivity index (χ4v) is 10.1. The molecule has 15 nitrogen and oxygen atoms in total. The average molecular weight is 930 g/mol. The van der Waals surface area contributed by atoms with Crippen LogP contribution in [0.25, 0.3) is 0 Å². The van der Waals surface area contributed by atoms with Gasteiger partial charge in [0.15, 0.2) is 5.78 Å². The van der Waals surface area contributed by atoms with Gasteiger partial charge < -0.3 is 49.0 Å². The first-order chi connectivity index (χ1) is 31.2. The molecule has 1 amide bonds. The van der Waals surface area contributed by atoms with Gasteiger partial charge in [-0.1, -0.05) is 71.1 Å². The second-order valence-electron chi connectivity index (χ2n) is 19.6. The number of rotatable bonds is 8. The number of hydrogen-bond donors (Lipinski definition) is 4. The van der Waals surface area contributed by atoms with Crippen LogP contribution >= 0.6 is 0 Å². The summed E-state index contributed by atoms with van der Waals surface area (Å²) in [5.74, 6) is -8.36. The summed E-state index contributed by atoms with van der Waals surface area (Å²) in [4.78, 5) is 71.6. The first-order valence-corrected chi connectivity index (χ1v) is 24.1. The van der Waals surface area contributed by atoms with Crippen molar-refractivity contribution in [1.82, 2.24) is 4.90 Å². The summed E-state index contributed by atoms with van der Waals surface area (Å²) in [5, 5.41) is 43.8. The predicted octanol–water partition coefficient (Wildman–Crippen LogP) is 5.15. The number of fused-ring (bicyclic) bond motifs is 3. The predicted molar refractivity (Wildman–Crippen MR) is 247 cm³/mol. The molecule has 66 heavy (non-hydrogen) atoms. The molecule has 15 atom stereocenters. The maximum Gasteiger partial charge on any atom is 0.329 e. The summed E-state index contributed by atoms with van der Waals surface area (Å²) in [7, 11) is 2.99. The molecule has 0 aromatic carbocycles. The van der Waals surface area contributed by atoms with Crippen LogP contribution < -0.4 is 0 Å². The van der Waals surface area contributed by atoms with E-state index in [1.165, 1.54) is 12.0 Å². The minimum absolute atomic E-state index is 0.00595. The number of carbonyl (C=O) groups excluding carboxylic acids is 5. The van der Waals surface area contributed by atoms with Crippen LogP contribution in [0.15, 0.2) is 47.6 Å². The van der Waals surface area contributed by atoms with Crippen LogP contribution in [-0.4, -0.2) is 143 Å². The van der Waals surface area contributed by atoms with E-state index in [1.54, 1.807) is 66.0 Å². The van der Waals surface area contributed by atoms with Crippen LogP contribution in [0.2, 0.25) is 0 Å². The number of cyclic esters (lactones) is 1. The zero-order valence-corrected chi connectivity index (χ0v) is 40.8. The molecule has 0 spiro atoms. The number of amides is 1. The van der Waals surface area contributed by atoms with Gasteiger partial charge in [0.1, 0.15) is 30.1 Å². The van der Waals surface area contributed by atoms with Gasteiger partial charge in [-0.3, -0.25) is 19.2 Å². The minimum Gasteiger partial charge on any atom is -0.460 e. The highest BCUT2D eigenvalue weighted by molar-refractivity contribution is 6.09. The number of aliphatic hydroxyl groups excluding tert-OH is 3. The molecular formula is C51H79NO14. The molecule has 4 rings (SSSR count). The van der Waals surface area contributed by atoms with Gasteiger partial charge in [-0.25, -0.2) is 4.79 Å². The molecule has 372 valence electrons.